The highest BCUT2D eigenvalue weighted by molar-refractivity contribution is 5.93. The Hall–Kier alpha value is -3.46. The van der Waals surface area contributed by atoms with Gasteiger partial charge in [0.2, 0.25) is 0 Å². The number of benzene rings is 2. The third kappa shape index (κ3) is 5.32. The van der Waals surface area contributed by atoms with E-state index >= 15 is 0 Å². The van der Waals surface area contributed by atoms with Crippen molar-refractivity contribution >= 4 is 23.3 Å². The second-order valence-corrected chi connectivity index (χ2v) is 6.84. The fourth-order valence-electron chi connectivity index (χ4n) is 3.19. The maximum atomic E-state index is 12.3. The largest absolute Gasteiger partial charge is 0.452 e. The first-order valence-electron chi connectivity index (χ1n) is 9.58. The fraction of sp³-hybridized carbons (Fsp3) is 0.333. The number of morpholine rings is 1. The zero-order valence-electron chi connectivity index (χ0n) is 16.6. The number of nitro benzene ring substituents is 1. The van der Waals surface area contributed by atoms with Crippen LogP contribution in [0.5, 0.6) is 0 Å². The molecule has 1 atom stereocenters. The number of carbonyl (C=O) groups is 2. The Morgan fingerprint density at radius 3 is 2.57 bits per heavy atom. The SMILES string of the molecule is CC(NC(=O)COC(=O)c1ccc(N2CCOCC2)c([N+](=O)[O-])c1)c1ccccc1. The van der Waals surface area contributed by atoms with Crippen molar-refractivity contribution in [3.8, 4) is 0 Å². The molecule has 30 heavy (non-hydrogen) atoms. The van der Waals surface area contributed by atoms with Crippen molar-refractivity contribution < 1.29 is 24.0 Å². The average Bonchev–Trinajstić information content (AvgIpc) is 2.78. The number of rotatable bonds is 7. The van der Waals surface area contributed by atoms with E-state index in [1.165, 1.54) is 18.2 Å². The van der Waals surface area contributed by atoms with Gasteiger partial charge in [0.15, 0.2) is 6.61 Å². The first-order valence-corrected chi connectivity index (χ1v) is 9.58. The fourth-order valence-corrected chi connectivity index (χ4v) is 3.19. The van der Waals surface area contributed by atoms with E-state index in [0.29, 0.717) is 32.0 Å². The number of amides is 1. The summed E-state index contributed by atoms with van der Waals surface area (Å²) in [5, 5.41) is 14.2. The smallest absolute Gasteiger partial charge is 0.338 e. The highest BCUT2D eigenvalue weighted by Gasteiger charge is 2.24. The molecule has 0 bridgehead atoms. The Labute approximate surface area is 173 Å². The molecule has 2 aromatic rings. The van der Waals surface area contributed by atoms with Crippen LogP contribution in [0.2, 0.25) is 0 Å². The quantitative estimate of drug-likeness (QED) is 0.422. The predicted molar refractivity (Wildman–Crippen MR) is 109 cm³/mol. The topological polar surface area (TPSA) is 111 Å². The molecule has 0 aliphatic carbocycles. The van der Waals surface area contributed by atoms with Gasteiger partial charge in [0, 0.05) is 19.2 Å². The molecular weight excluding hydrogens is 390 g/mol. The van der Waals surface area contributed by atoms with Crippen molar-refractivity contribution in [1.82, 2.24) is 5.32 Å². The van der Waals surface area contributed by atoms with Crippen LogP contribution in [0.1, 0.15) is 28.9 Å². The van der Waals surface area contributed by atoms with Gasteiger partial charge in [0.25, 0.3) is 11.6 Å². The van der Waals surface area contributed by atoms with Gasteiger partial charge in [-0.3, -0.25) is 14.9 Å². The Morgan fingerprint density at radius 1 is 1.20 bits per heavy atom. The molecule has 9 heteroatoms. The van der Waals surface area contributed by atoms with Crippen LogP contribution in [0.15, 0.2) is 48.5 Å². The Bertz CT molecular complexity index is 912. The highest BCUT2D eigenvalue weighted by Crippen LogP contribution is 2.30. The Balaban J connectivity index is 1.61. The molecule has 1 aliphatic heterocycles. The monoisotopic (exact) mass is 413 g/mol. The minimum absolute atomic E-state index is 0.0163. The Morgan fingerprint density at radius 2 is 1.90 bits per heavy atom. The van der Waals surface area contributed by atoms with Crippen LogP contribution in [0.4, 0.5) is 11.4 Å². The second kappa shape index (κ2) is 9.84. The number of nitrogens with one attached hydrogen (secondary N) is 1. The molecule has 158 valence electrons. The molecule has 1 heterocycles. The van der Waals surface area contributed by atoms with Gasteiger partial charge in [0.05, 0.1) is 29.7 Å². The van der Waals surface area contributed by atoms with E-state index in [1.54, 1.807) is 0 Å². The van der Waals surface area contributed by atoms with Crippen LogP contribution in [0, 0.1) is 10.1 Å². The zero-order valence-corrected chi connectivity index (χ0v) is 16.6. The van der Waals surface area contributed by atoms with Gasteiger partial charge in [-0.2, -0.15) is 0 Å². The number of anilines is 1. The van der Waals surface area contributed by atoms with Gasteiger partial charge in [-0.15, -0.1) is 0 Å². The molecule has 2 aromatic carbocycles. The van der Waals surface area contributed by atoms with E-state index in [2.05, 4.69) is 5.32 Å². The molecule has 0 spiro atoms. The predicted octanol–water partition coefficient (Wildman–Crippen LogP) is 2.47. The molecule has 1 fully saturated rings. The summed E-state index contributed by atoms with van der Waals surface area (Å²) >= 11 is 0. The van der Waals surface area contributed by atoms with Crippen molar-refractivity contribution in [3.05, 3.63) is 69.8 Å². The van der Waals surface area contributed by atoms with Crippen LogP contribution in [0.25, 0.3) is 0 Å². The first kappa shape index (κ1) is 21.3. The zero-order chi connectivity index (χ0) is 21.5. The van der Waals surface area contributed by atoms with Gasteiger partial charge in [-0.1, -0.05) is 30.3 Å². The maximum absolute atomic E-state index is 12.3. The lowest BCUT2D eigenvalue weighted by atomic mass is 10.1. The first-order chi connectivity index (χ1) is 14.5. The molecule has 1 unspecified atom stereocenters. The molecular formula is C21H23N3O6. The number of carbonyl (C=O) groups excluding carboxylic acids is 2. The molecule has 1 aliphatic rings. The van der Waals surface area contributed by atoms with E-state index in [4.69, 9.17) is 9.47 Å². The summed E-state index contributed by atoms with van der Waals surface area (Å²) < 4.78 is 10.3. The van der Waals surface area contributed by atoms with Crippen molar-refractivity contribution in [2.24, 2.45) is 0 Å². The highest BCUT2D eigenvalue weighted by atomic mass is 16.6. The average molecular weight is 413 g/mol. The molecule has 9 nitrogen and oxygen atoms in total. The van der Waals surface area contributed by atoms with Crippen LogP contribution < -0.4 is 10.2 Å². The minimum atomic E-state index is -0.797. The number of nitrogens with zero attached hydrogens (tertiary/aromatic N) is 2. The van der Waals surface area contributed by atoms with E-state index < -0.39 is 23.4 Å². The van der Waals surface area contributed by atoms with Crippen molar-refractivity contribution in [2.45, 2.75) is 13.0 Å². The standard InChI is InChI=1S/C21H23N3O6/c1-15(16-5-3-2-4-6-16)22-20(25)14-30-21(26)17-7-8-18(19(13-17)24(27)28)23-9-11-29-12-10-23/h2-8,13,15H,9-12,14H2,1H3,(H,22,25). The van der Waals surface area contributed by atoms with Gasteiger partial charge >= 0.3 is 5.97 Å². The Kier molecular flexibility index (Phi) is 6.97. The number of hydrogen-bond acceptors (Lipinski definition) is 7. The molecule has 1 N–H and O–H groups in total. The van der Waals surface area contributed by atoms with Crippen molar-refractivity contribution in [3.63, 3.8) is 0 Å². The van der Waals surface area contributed by atoms with Gasteiger partial charge < -0.3 is 19.7 Å². The molecule has 0 aromatic heterocycles. The summed E-state index contributed by atoms with van der Waals surface area (Å²) in [6, 6.07) is 13.3. The summed E-state index contributed by atoms with van der Waals surface area (Å²) in [7, 11) is 0. The summed E-state index contributed by atoms with van der Waals surface area (Å²) in [6.45, 7) is 3.38. The lowest BCUT2D eigenvalue weighted by Crippen LogP contribution is -2.36. The lowest BCUT2D eigenvalue weighted by molar-refractivity contribution is -0.384. The normalized spacial score (nSPS) is 14.6. The summed E-state index contributed by atoms with van der Waals surface area (Å²) in [6.07, 6.45) is 0. The van der Waals surface area contributed by atoms with Gasteiger partial charge in [-0.25, -0.2) is 4.79 Å². The minimum Gasteiger partial charge on any atom is -0.452 e. The molecule has 3 rings (SSSR count). The molecule has 1 saturated heterocycles. The second-order valence-electron chi connectivity index (χ2n) is 6.84. The van der Waals surface area contributed by atoms with Crippen molar-refractivity contribution in [1.29, 1.82) is 0 Å². The van der Waals surface area contributed by atoms with E-state index in [9.17, 15) is 19.7 Å². The van der Waals surface area contributed by atoms with E-state index in [-0.39, 0.29) is 17.3 Å². The molecule has 1 amide bonds. The maximum Gasteiger partial charge on any atom is 0.338 e. The van der Waals surface area contributed by atoms with Gasteiger partial charge in [0.1, 0.15) is 5.69 Å². The number of ether oxygens (including phenoxy) is 2. The summed E-state index contributed by atoms with van der Waals surface area (Å²) in [4.78, 5) is 37.2. The van der Waals surface area contributed by atoms with Crippen LogP contribution in [-0.4, -0.2) is 49.7 Å². The number of nitro groups is 1. The van der Waals surface area contributed by atoms with Crippen LogP contribution in [-0.2, 0) is 14.3 Å². The summed E-state index contributed by atoms with van der Waals surface area (Å²) in [5.41, 5.74) is 1.18. The summed E-state index contributed by atoms with van der Waals surface area (Å²) in [5.74, 6) is -1.26. The molecule has 0 saturated carbocycles. The van der Waals surface area contributed by atoms with Crippen molar-refractivity contribution in [2.75, 3.05) is 37.8 Å². The lowest BCUT2D eigenvalue weighted by Gasteiger charge is -2.28. The third-order valence-electron chi connectivity index (χ3n) is 4.77. The van der Waals surface area contributed by atoms with E-state index in [0.717, 1.165) is 5.56 Å². The van der Waals surface area contributed by atoms with Gasteiger partial charge in [-0.05, 0) is 24.6 Å². The van der Waals surface area contributed by atoms with E-state index in [1.807, 2.05) is 42.2 Å². The third-order valence-corrected chi connectivity index (χ3v) is 4.77. The van der Waals surface area contributed by atoms with Crippen LogP contribution in [0.3, 0.4) is 0 Å². The number of esters is 1. The molecule has 0 radical (unpaired) electrons. The number of hydrogen-bond donors (Lipinski definition) is 1. The van der Waals surface area contributed by atoms with Crippen LogP contribution >= 0.6 is 0 Å².